The first-order valence-corrected chi connectivity index (χ1v) is 8.12. The van der Waals surface area contributed by atoms with E-state index in [0.717, 1.165) is 24.9 Å². The van der Waals surface area contributed by atoms with Crippen molar-refractivity contribution in [1.82, 2.24) is 4.90 Å². The molecule has 2 N–H and O–H groups in total. The van der Waals surface area contributed by atoms with Gasteiger partial charge < -0.3 is 5.73 Å². The Balaban J connectivity index is 2.75. The van der Waals surface area contributed by atoms with Crippen LogP contribution in [0.4, 0.5) is 0 Å². The number of likely N-dealkylation sites (N-methyl/N-ethyl adjacent to an activating group) is 1. The van der Waals surface area contributed by atoms with Crippen LogP contribution in [0, 0.1) is 17.3 Å². The van der Waals surface area contributed by atoms with Gasteiger partial charge in [0.15, 0.2) is 0 Å². The largest absolute Gasteiger partial charge is 0.329 e. The first-order valence-electron chi connectivity index (χ1n) is 8.12. The molecule has 0 aromatic heterocycles. The van der Waals surface area contributed by atoms with Crippen molar-refractivity contribution in [3.05, 3.63) is 0 Å². The van der Waals surface area contributed by atoms with Crippen molar-refractivity contribution >= 4 is 0 Å². The van der Waals surface area contributed by atoms with Gasteiger partial charge in [-0.05, 0) is 50.0 Å². The van der Waals surface area contributed by atoms with Crippen LogP contribution >= 0.6 is 0 Å². The van der Waals surface area contributed by atoms with E-state index in [9.17, 15) is 0 Å². The van der Waals surface area contributed by atoms with Crippen LogP contribution in [0.3, 0.4) is 0 Å². The van der Waals surface area contributed by atoms with Gasteiger partial charge in [-0.3, -0.25) is 4.90 Å². The average Bonchev–Trinajstić information content (AvgIpc) is 2.50. The molecule has 2 atom stereocenters. The summed E-state index contributed by atoms with van der Waals surface area (Å²) in [5, 5.41) is 0. The maximum atomic E-state index is 6.20. The van der Waals surface area contributed by atoms with E-state index in [1.54, 1.807) is 0 Å². The summed E-state index contributed by atoms with van der Waals surface area (Å²) in [4.78, 5) is 2.56. The Morgan fingerprint density at radius 3 is 2.32 bits per heavy atom. The molecule has 1 saturated carbocycles. The first-order chi connectivity index (χ1) is 8.71. The molecule has 114 valence electrons. The van der Waals surface area contributed by atoms with Gasteiger partial charge in [0.1, 0.15) is 0 Å². The minimum Gasteiger partial charge on any atom is -0.329 e. The molecule has 1 fully saturated rings. The van der Waals surface area contributed by atoms with Gasteiger partial charge in [-0.1, -0.05) is 41.0 Å². The molecule has 0 aromatic carbocycles. The predicted molar refractivity (Wildman–Crippen MR) is 85.3 cm³/mol. The molecule has 1 rings (SSSR count). The second-order valence-electron chi connectivity index (χ2n) is 8.20. The molecule has 0 radical (unpaired) electrons. The lowest BCUT2D eigenvalue weighted by molar-refractivity contribution is 0.0903. The summed E-state index contributed by atoms with van der Waals surface area (Å²) in [5.74, 6) is 1.57. The Morgan fingerprint density at radius 2 is 1.84 bits per heavy atom. The van der Waals surface area contributed by atoms with Gasteiger partial charge in [-0.25, -0.2) is 0 Å². The van der Waals surface area contributed by atoms with Gasteiger partial charge in [0.05, 0.1) is 0 Å². The zero-order chi connectivity index (χ0) is 14.7. The van der Waals surface area contributed by atoms with Crippen molar-refractivity contribution in [2.75, 3.05) is 20.1 Å². The van der Waals surface area contributed by atoms with Crippen LogP contribution < -0.4 is 5.73 Å². The fourth-order valence-corrected chi connectivity index (χ4v) is 3.74. The molecule has 19 heavy (non-hydrogen) atoms. The van der Waals surface area contributed by atoms with Crippen LogP contribution in [-0.2, 0) is 0 Å². The molecule has 2 nitrogen and oxygen atoms in total. The summed E-state index contributed by atoms with van der Waals surface area (Å²) in [5.41, 5.74) is 6.90. The Hall–Kier alpha value is -0.0800. The number of nitrogens with zero attached hydrogens (tertiary/aromatic N) is 1. The summed E-state index contributed by atoms with van der Waals surface area (Å²) in [6.07, 6.45) is 6.60. The summed E-state index contributed by atoms with van der Waals surface area (Å²) in [7, 11) is 2.28. The van der Waals surface area contributed by atoms with Gasteiger partial charge in [0.2, 0.25) is 0 Å². The Bertz CT molecular complexity index is 267. The third kappa shape index (κ3) is 4.46. The van der Waals surface area contributed by atoms with Crippen LogP contribution in [0.1, 0.15) is 66.7 Å². The fourth-order valence-electron chi connectivity index (χ4n) is 3.74. The third-order valence-electron chi connectivity index (χ3n) is 5.21. The predicted octanol–water partition coefficient (Wildman–Crippen LogP) is 3.90. The van der Waals surface area contributed by atoms with E-state index in [4.69, 9.17) is 5.73 Å². The van der Waals surface area contributed by atoms with E-state index in [1.165, 1.54) is 32.1 Å². The van der Waals surface area contributed by atoms with Crippen LogP contribution in [0.5, 0.6) is 0 Å². The van der Waals surface area contributed by atoms with Gasteiger partial charge >= 0.3 is 0 Å². The second kappa shape index (κ2) is 6.58. The lowest BCUT2D eigenvalue weighted by Crippen LogP contribution is -2.53. The molecule has 0 spiro atoms. The lowest BCUT2D eigenvalue weighted by atomic mass is 9.76. The van der Waals surface area contributed by atoms with E-state index in [2.05, 4.69) is 46.6 Å². The highest BCUT2D eigenvalue weighted by molar-refractivity contribution is 4.94. The number of nitrogens with two attached hydrogens (primary N) is 1. The highest BCUT2D eigenvalue weighted by atomic mass is 15.2. The average molecular weight is 268 g/mol. The molecule has 0 aromatic rings. The Kier molecular flexibility index (Phi) is 5.88. The highest BCUT2D eigenvalue weighted by Crippen LogP contribution is 2.41. The van der Waals surface area contributed by atoms with Gasteiger partial charge in [0.25, 0.3) is 0 Å². The Morgan fingerprint density at radius 1 is 1.21 bits per heavy atom. The van der Waals surface area contributed by atoms with Crippen molar-refractivity contribution in [2.24, 2.45) is 23.0 Å². The normalized spacial score (nSPS) is 29.8. The Labute approximate surface area is 121 Å². The van der Waals surface area contributed by atoms with Crippen molar-refractivity contribution in [2.45, 2.75) is 72.3 Å². The van der Waals surface area contributed by atoms with Gasteiger partial charge in [-0.2, -0.15) is 0 Å². The van der Waals surface area contributed by atoms with Crippen LogP contribution in [-0.4, -0.2) is 30.6 Å². The van der Waals surface area contributed by atoms with E-state index in [0.29, 0.717) is 5.41 Å². The number of hydrogen-bond donors (Lipinski definition) is 1. The van der Waals surface area contributed by atoms with E-state index in [1.807, 2.05) is 0 Å². The minimum atomic E-state index is 0.254. The maximum Gasteiger partial charge on any atom is 0.0328 e. The van der Waals surface area contributed by atoms with Crippen LogP contribution in [0.2, 0.25) is 0 Å². The number of hydrogen-bond acceptors (Lipinski definition) is 2. The summed E-state index contributed by atoms with van der Waals surface area (Å²) < 4.78 is 0. The molecule has 1 aliphatic carbocycles. The second-order valence-corrected chi connectivity index (χ2v) is 8.20. The summed E-state index contributed by atoms with van der Waals surface area (Å²) in [6, 6.07) is 0. The topological polar surface area (TPSA) is 29.3 Å². The summed E-state index contributed by atoms with van der Waals surface area (Å²) in [6.45, 7) is 13.8. The van der Waals surface area contributed by atoms with Crippen molar-refractivity contribution in [3.8, 4) is 0 Å². The molecule has 1 aliphatic rings. The SMILES string of the molecule is CC(C)CN(C)C1(CN)CCCC(C(C)(C)C)CC1. The monoisotopic (exact) mass is 268 g/mol. The van der Waals surface area contributed by atoms with E-state index in [-0.39, 0.29) is 5.54 Å². The summed E-state index contributed by atoms with van der Waals surface area (Å²) >= 11 is 0. The molecular formula is C17H36N2. The maximum absolute atomic E-state index is 6.20. The van der Waals surface area contributed by atoms with Gasteiger partial charge in [-0.15, -0.1) is 0 Å². The fraction of sp³-hybridized carbons (Fsp3) is 1.00. The van der Waals surface area contributed by atoms with Crippen molar-refractivity contribution in [1.29, 1.82) is 0 Å². The van der Waals surface area contributed by atoms with Crippen LogP contribution in [0.25, 0.3) is 0 Å². The van der Waals surface area contributed by atoms with Crippen molar-refractivity contribution < 1.29 is 0 Å². The van der Waals surface area contributed by atoms with Crippen LogP contribution in [0.15, 0.2) is 0 Å². The molecule has 0 aliphatic heterocycles. The zero-order valence-corrected chi connectivity index (χ0v) is 14.1. The quantitative estimate of drug-likeness (QED) is 0.784. The van der Waals surface area contributed by atoms with E-state index < -0.39 is 0 Å². The first kappa shape index (κ1) is 17.0. The van der Waals surface area contributed by atoms with Crippen molar-refractivity contribution in [3.63, 3.8) is 0 Å². The molecule has 0 amide bonds. The third-order valence-corrected chi connectivity index (χ3v) is 5.21. The van der Waals surface area contributed by atoms with E-state index >= 15 is 0 Å². The minimum absolute atomic E-state index is 0.254. The smallest absolute Gasteiger partial charge is 0.0328 e. The molecular weight excluding hydrogens is 232 g/mol. The molecule has 0 saturated heterocycles. The molecule has 2 unspecified atom stereocenters. The number of rotatable bonds is 4. The standard InChI is InChI=1S/C17H36N2/c1-14(2)12-19(6)17(13-18)10-7-8-15(9-11-17)16(3,4)5/h14-15H,7-13,18H2,1-6H3. The molecule has 0 bridgehead atoms. The molecule has 2 heteroatoms. The highest BCUT2D eigenvalue weighted by Gasteiger charge is 2.38. The zero-order valence-electron chi connectivity index (χ0n) is 14.1. The lowest BCUT2D eigenvalue weighted by Gasteiger charge is -2.42. The van der Waals surface area contributed by atoms with Gasteiger partial charge in [0, 0.05) is 18.6 Å². The molecule has 0 heterocycles.